The number of hydrazone groups is 1. The Morgan fingerprint density at radius 3 is 2.37 bits per heavy atom. The number of hydrogen-bond acceptors (Lipinski definition) is 5. The van der Waals surface area contributed by atoms with Gasteiger partial charge in [0, 0.05) is 5.56 Å². The fourth-order valence-electron chi connectivity index (χ4n) is 3.05. The number of sulfonamides is 1. The van der Waals surface area contributed by atoms with Crippen LogP contribution in [0.15, 0.2) is 82.8 Å². The molecule has 0 aromatic heterocycles. The van der Waals surface area contributed by atoms with E-state index in [2.05, 4.69) is 10.5 Å². The largest absolute Gasteiger partial charge is 0.495 e. The van der Waals surface area contributed by atoms with E-state index < -0.39 is 34.2 Å². The van der Waals surface area contributed by atoms with Crippen molar-refractivity contribution >= 4 is 39.4 Å². The van der Waals surface area contributed by atoms with Crippen molar-refractivity contribution in [1.82, 2.24) is 5.43 Å². The van der Waals surface area contributed by atoms with E-state index in [0.29, 0.717) is 5.75 Å². The summed E-state index contributed by atoms with van der Waals surface area (Å²) in [4.78, 5) is 12.5. The van der Waals surface area contributed by atoms with Gasteiger partial charge in [0.25, 0.3) is 15.9 Å². The predicted molar refractivity (Wildman–Crippen MR) is 126 cm³/mol. The smallest absolute Gasteiger partial charge is 0.417 e. The first-order chi connectivity index (χ1) is 16.5. The Hall–Kier alpha value is -3.57. The van der Waals surface area contributed by atoms with E-state index in [1.807, 2.05) is 0 Å². The van der Waals surface area contributed by atoms with Crippen LogP contribution in [-0.2, 0) is 21.0 Å². The van der Waals surface area contributed by atoms with Crippen LogP contribution in [0.3, 0.4) is 0 Å². The number of methoxy groups -OCH3 is 1. The lowest BCUT2D eigenvalue weighted by molar-refractivity contribution is -0.137. The van der Waals surface area contributed by atoms with Gasteiger partial charge in [-0.25, -0.2) is 13.8 Å². The molecule has 0 heterocycles. The Labute approximate surface area is 204 Å². The average molecular weight is 526 g/mol. The normalized spacial score (nSPS) is 11.9. The van der Waals surface area contributed by atoms with Crippen molar-refractivity contribution < 1.29 is 31.1 Å². The summed E-state index contributed by atoms with van der Waals surface area (Å²) in [6, 6.07) is 16.2. The Balaban J connectivity index is 1.88. The molecule has 1 N–H and O–H groups in total. The number of benzene rings is 3. The number of anilines is 1. The minimum Gasteiger partial charge on any atom is -0.495 e. The quantitative estimate of drug-likeness (QED) is 0.341. The van der Waals surface area contributed by atoms with Crippen LogP contribution in [0.4, 0.5) is 18.9 Å². The van der Waals surface area contributed by atoms with E-state index >= 15 is 0 Å². The molecule has 0 radical (unpaired) electrons. The highest BCUT2D eigenvalue weighted by molar-refractivity contribution is 7.92. The number of carbonyl (C=O) groups excluding carboxylic acids is 1. The van der Waals surface area contributed by atoms with Gasteiger partial charge in [0.1, 0.15) is 12.3 Å². The lowest BCUT2D eigenvalue weighted by Gasteiger charge is -2.24. The highest BCUT2D eigenvalue weighted by Gasteiger charge is 2.32. The number of amides is 1. The van der Waals surface area contributed by atoms with Gasteiger partial charge in [-0.15, -0.1) is 0 Å². The van der Waals surface area contributed by atoms with Gasteiger partial charge in [-0.3, -0.25) is 9.10 Å². The molecule has 0 saturated heterocycles. The molecule has 0 unspecified atom stereocenters. The predicted octanol–water partition coefficient (Wildman–Crippen LogP) is 4.71. The molecule has 0 aliphatic rings. The van der Waals surface area contributed by atoms with Crippen molar-refractivity contribution in [3.8, 4) is 5.75 Å². The maximum atomic E-state index is 13.3. The van der Waals surface area contributed by atoms with Gasteiger partial charge in [-0.05, 0) is 36.4 Å². The Kier molecular flexibility index (Phi) is 8.03. The molecule has 12 heteroatoms. The van der Waals surface area contributed by atoms with Crippen LogP contribution in [0.5, 0.6) is 5.75 Å². The van der Waals surface area contributed by atoms with Crippen molar-refractivity contribution in [2.75, 3.05) is 18.0 Å². The molecular formula is C23H19ClF3N3O4S. The second kappa shape index (κ2) is 10.8. The van der Waals surface area contributed by atoms with E-state index in [4.69, 9.17) is 16.3 Å². The summed E-state index contributed by atoms with van der Waals surface area (Å²) in [5.74, 6) is -0.595. The molecule has 1 amide bonds. The zero-order chi connectivity index (χ0) is 25.6. The summed E-state index contributed by atoms with van der Waals surface area (Å²) < 4.78 is 71.9. The van der Waals surface area contributed by atoms with E-state index in [-0.39, 0.29) is 21.2 Å². The molecule has 0 fully saturated rings. The number of alkyl halides is 3. The molecule has 0 aliphatic heterocycles. The number of hydrogen-bond donors (Lipinski definition) is 1. The summed E-state index contributed by atoms with van der Waals surface area (Å²) in [6.07, 6.45) is -3.78. The van der Waals surface area contributed by atoms with Gasteiger partial charge >= 0.3 is 6.18 Å². The summed E-state index contributed by atoms with van der Waals surface area (Å²) in [6.45, 7) is -0.724. The highest BCUT2D eigenvalue weighted by atomic mass is 35.5. The van der Waals surface area contributed by atoms with Gasteiger partial charge in [0.05, 0.1) is 34.5 Å². The third-order valence-electron chi connectivity index (χ3n) is 4.70. The van der Waals surface area contributed by atoms with Crippen LogP contribution in [0.2, 0.25) is 5.02 Å². The van der Waals surface area contributed by atoms with Crippen molar-refractivity contribution in [2.45, 2.75) is 11.1 Å². The minimum atomic E-state index is -4.61. The lowest BCUT2D eigenvalue weighted by Crippen LogP contribution is -2.39. The highest BCUT2D eigenvalue weighted by Crippen LogP contribution is 2.32. The number of carbonyl (C=O) groups is 1. The summed E-state index contributed by atoms with van der Waals surface area (Å²) in [5, 5.41) is 3.68. The maximum absolute atomic E-state index is 13.3. The minimum absolute atomic E-state index is 0.0706. The van der Waals surface area contributed by atoms with Crippen molar-refractivity contribution in [3.63, 3.8) is 0 Å². The van der Waals surface area contributed by atoms with Gasteiger partial charge < -0.3 is 4.74 Å². The topological polar surface area (TPSA) is 88.1 Å². The first-order valence-electron chi connectivity index (χ1n) is 9.93. The fourth-order valence-corrected chi connectivity index (χ4v) is 4.74. The van der Waals surface area contributed by atoms with Crippen LogP contribution in [0, 0.1) is 0 Å². The molecule has 0 spiro atoms. The fraction of sp³-hybridized carbons (Fsp3) is 0.130. The molecule has 35 heavy (non-hydrogen) atoms. The van der Waals surface area contributed by atoms with Crippen molar-refractivity contribution in [1.29, 1.82) is 0 Å². The van der Waals surface area contributed by atoms with E-state index in [1.165, 1.54) is 67.8 Å². The van der Waals surface area contributed by atoms with Gasteiger partial charge in [-0.1, -0.05) is 48.0 Å². The SMILES string of the molecule is COc1ccc(N(CC(=O)N/N=C\c2ccccc2C(F)(F)F)S(=O)(=O)c2ccccc2)cc1Cl. The summed E-state index contributed by atoms with van der Waals surface area (Å²) >= 11 is 6.15. The Bertz CT molecular complexity index is 1330. The zero-order valence-corrected chi connectivity index (χ0v) is 19.7. The van der Waals surface area contributed by atoms with Gasteiger partial charge in [-0.2, -0.15) is 18.3 Å². The number of rotatable bonds is 8. The monoisotopic (exact) mass is 525 g/mol. The van der Waals surface area contributed by atoms with Crippen LogP contribution in [-0.4, -0.2) is 34.2 Å². The number of halogens is 4. The third kappa shape index (κ3) is 6.31. The van der Waals surface area contributed by atoms with Crippen molar-refractivity contribution in [3.05, 3.63) is 88.9 Å². The molecule has 3 aromatic rings. The second-order valence-corrected chi connectivity index (χ2v) is 9.29. The van der Waals surface area contributed by atoms with E-state index in [9.17, 15) is 26.4 Å². The number of nitrogens with one attached hydrogen (secondary N) is 1. The molecule has 184 valence electrons. The third-order valence-corrected chi connectivity index (χ3v) is 6.78. The molecule has 3 aromatic carbocycles. The summed E-state index contributed by atoms with van der Waals surface area (Å²) in [7, 11) is -2.83. The average Bonchev–Trinajstić information content (AvgIpc) is 2.82. The molecule has 0 atom stereocenters. The van der Waals surface area contributed by atoms with E-state index in [1.54, 1.807) is 6.07 Å². The Morgan fingerprint density at radius 1 is 1.09 bits per heavy atom. The maximum Gasteiger partial charge on any atom is 0.417 e. The molecule has 3 rings (SSSR count). The molecule has 0 bridgehead atoms. The van der Waals surface area contributed by atoms with Crippen LogP contribution < -0.4 is 14.5 Å². The first-order valence-corrected chi connectivity index (χ1v) is 11.8. The van der Waals surface area contributed by atoms with Crippen LogP contribution in [0.1, 0.15) is 11.1 Å². The van der Waals surface area contributed by atoms with Gasteiger partial charge in [0.15, 0.2) is 0 Å². The molecule has 7 nitrogen and oxygen atoms in total. The van der Waals surface area contributed by atoms with E-state index in [0.717, 1.165) is 16.6 Å². The standard InChI is InChI=1S/C23H19ClF3N3O4S/c1-34-21-12-11-17(13-20(21)24)30(35(32,33)18-8-3-2-4-9-18)15-22(31)29-28-14-16-7-5-6-10-19(16)23(25,26)27/h2-14H,15H2,1H3,(H,29,31)/b28-14-. The summed E-state index contributed by atoms with van der Waals surface area (Å²) in [5.41, 5.74) is 0.942. The first kappa shape index (κ1) is 26.0. The zero-order valence-electron chi connectivity index (χ0n) is 18.2. The Morgan fingerprint density at radius 2 is 1.74 bits per heavy atom. The van der Waals surface area contributed by atoms with Crippen LogP contribution >= 0.6 is 11.6 Å². The van der Waals surface area contributed by atoms with Crippen molar-refractivity contribution in [2.24, 2.45) is 5.10 Å². The molecule has 0 aliphatic carbocycles. The lowest BCUT2D eigenvalue weighted by atomic mass is 10.1. The van der Waals surface area contributed by atoms with Crippen LogP contribution in [0.25, 0.3) is 0 Å². The molecular weight excluding hydrogens is 507 g/mol. The second-order valence-electron chi connectivity index (χ2n) is 7.02. The molecule has 0 saturated carbocycles. The number of ether oxygens (including phenoxy) is 1. The van der Waals surface area contributed by atoms with Gasteiger partial charge in [0.2, 0.25) is 0 Å². The number of nitrogens with zero attached hydrogens (tertiary/aromatic N) is 2.